The zero-order chi connectivity index (χ0) is 15.6. The van der Waals surface area contributed by atoms with Gasteiger partial charge in [0.05, 0.1) is 10.9 Å². The number of hydrogen-bond acceptors (Lipinski definition) is 4. The lowest BCUT2D eigenvalue weighted by Crippen LogP contribution is -2.21. The van der Waals surface area contributed by atoms with E-state index in [1.54, 1.807) is 12.1 Å². The second-order valence-electron chi connectivity index (χ2n) is 4.60. The van der Waals surface area contributed by atoms with E-state index < -0.39 is 9.84 Å². The van der Waals surface area contributed by atoms with Crippen molar-refractivity contribution < 1.29 is 8.42 Å². The van der Waals surface area contributed by atoms with Crippen molar-refractivity contribution in [1.82, 2.24) is 5.32 Å². The first-order chi connectivity index (χ1) is 9.82. The number of halogens is 2. The van der Waals surface area contributed by atoms with Crippen LogP contribution in [0.4, 0.5) is 0 Å². The van der Waals surface area contributed by atoms with Crippen molar-refractivity contribution >= 4 is 48.7 Å². The molecule has 0 saturated carbocycles. The molecule has 0 bridgehead atoms. The van der Waals surface area contributed by atoms with Gasteiger partial charge in [-0.25, -0.2) is 8.42 Å². The molecule has 7 heteroatoms. The Kier molecular flexibility index (Phi) is 5.48. The predicted molar refractivity (Wildman–Crippen MR) is 92.1 cm³/mol. The summed E-state index contributed by atoms with van der Waals surface area (Å²) in [6.07, 6.45) is 1.21. The van der Waals surface area contributed by atoms with Crippen LogP contribution in [0.15, 0.2) is 39.7 Å². The highest BCUT2D eigenvalue weighted by molar-refractivity contribution is 9.10. The molecular formula is C14H15BrClNO2S2. The van der Waals surface area contributed by atoms with E-state index in [9.17, 15) is 8.42 Å². The lowest BCUT2D eigenvalue weighted by molar-refractivity contribution is 0.601. The van der Waals surface area contributed by atoms with E-state index in [1.165, 1.54) is 17.6 Å². The minimum absolute atomic E-state index is 0.00240. The van der Waals surface area contributed by atoms with Gasteiger partial charge in [-0.2, -0.15) is 0 Å². The van der Waals surface area contributed by atoms with Gasteiger partial charge in [-0.15, -0.1) is 11.3 Å². The molecule has 0 amide bonds. The number of hydrogen-bond donors (Lipinski definition) is 1. The minimum Gasteiger partial charge on any atom is -0.306 e. The number of nitrogens with one attached hydrogen (secondary N) is 1. The molecular weight excluding hydrogens is 394 g/mol. The molecule has 0 saturated heterocycles. The molecule has 1 atom stereocenters. The molecule has 0 spiro atoms. The van der Waals surface area contributed by atoms with Crippen LogP contribution >= 0.6 is 38.9 Å². The van der Waals surface area contributed by atoms with E-state index in [4.69, 9.17) is 11.6 Å². The summed E-state index contributed by atoms with van der Waals surface area (Å²) in [4.78, 5) is 1.41. The lowest BCUT2D eigenvalue weighted by atomic mass is 10.1. The molecule has 114 valence electrons. The van der Waals surface area contributed by atoms with Gasteiger partial charge in [-0.3, -0.25) is 0 Å². The van der Waals surface area contributed by atoms with E-state index in [0.717, 1.165) is 21.5 Å². The quantitative estimate of drug-likeness (QED) is 0.804. The summed E-state index contributed by atoms with van der Waals surface area (Å²) in [5, 5.41) is 3.40. The first-order valence-electron chi connectivity index (χ1n) is 6.31. The highest BCUT2D eigenvalue weighted by Crippen LogP contribution is 2.37. The topological polar surface area (TPSA) is 46.2 Å². The Hall–Kier alpha value is -0.400. The van der Waals surface area contributed by atoms with Crippen molar-refractivity contribution in [3.8, 4) is 0 Å². The number of thiophene rings is 1. The fraction of sp³-hybridized carbons (Fsp3) is 0.286. The smallest absolute Gasteiger partial charge is 0.175 e. The van der Waals surface area contributed by atoms with Gasteiger partial charge in [-0.05, 0) is 46.2 Å². The molecule has 2 aromatic rings. The Balaban J connectivity index is 2.39. The average molecular weight is 409 g/mol. The molecule has 3 nitrogen and oxygen atoms in total. The molecule has 2 rings (SSSR count). The van der Waals surface area contributed by atoms with Crippen LogP contribution in [0.25, 0.3) is 0 Å². The van der Waals surface area contributed by atoms with E-state index in [0.29, 0.717) is 9.23 Å². The summed E-state index contributed by atoms with van der Waals surface area (Å²) in [5.74, 6) is 0. The third-order valence-electron chi connectivity index (χ3n) is 3.00. The average Bonchev–Trinajstić information content (AvgIpc) is 2.75. The highest BCUT2D eigenvalue weighted by Gasteiger charge is 2.18. The minimum atomic E-state index is -3.17. The SMILES string of the molecule is CCNC(c1ccc(S(C)(=O)=O)cc1)c1cc(Br)c(Cl)s1. The molecule has 1 unspecified atom stereocenters. The molecule has 1 aromatic heterocycles. The van der Waals surface area contributed by atoms with Gasteiger partial charge in [0, 0.05) is 15.6 Å². The van der Waals surface area contributed by atoms with Crippen LogP contribution < -0.4 is 5.32 Å². The fourth-order valence-electron chi connectivity index (χ4n) is 2.00. The Labute approximate surface area is 142 Å². The van der Waals surface area contributed by atoms with Crippen LogP contribution in [0, 0.1) is 0 Å². The molecule has 0 aliphatic carbocycles. The number of sulfone groups is 1. The van der Waals surface area contributed by atoms with Crippen LogP contribution in [-0.2, 0) is 9.84 Å². The van der Waals surface area contributed by atoms with Crippen molar-refractivity contribution in [2.24, 2.45) is 0 Å². The molecule has 1 N–H and O–H groups in total. The Morgan fingerprint density at radius 2 is 1.95 bits per heavy atom. The highest BCUT2D eigenvalue weighted by atomic mass is 79.9. The van der Waals surface area contributed by atoms with Crippen molar-refractivity contribution in [3.05, 3.63) is 49.6 Å². The molecule has 21 heavy (non-hydrogen) atoms. The Morgan fingerprint density at radius 3 is 2.38 bits per heavy atom. The zero-order valence-corrected chi connectivity index (χ0v) is 15.5. The second-order valence-corrected chi connectivity index (χ2v) is 9.16. The molecule has 0 radical (unpaired) electrons. The maximum Gasteiger partial charge on any atom is 0.175 e. The van der Waals surface area contributed by atoms with Crippen LogP contribution in [0.1, 0.15) is 23.4 Å². The lowest BCUT2D eigenvalue weighted by Gasteiger charge is -2.17. The molecule has 1 heterocycles. The van der Waals surface area contributed by atoms with Crippen LogP contribution in [0.3, 0.4) is 0 Å². The monoisotopic (exact) mass is 407 g/mol. The van der Waals surface area contributed by atoms with Gasteiger partial charge in [0.25, 0.3) is 0 Å². The van der Waals surface area contributed by atoms with Gasteiger partial charge in [0.2, 0.25) is 0 Å². The molecule has 0 fully saturated rings. The first kappa shape index (κ1) is 17.0. The van der Waals surface area contributed by atoms with Gasteiger partial charge in [0.1, 0.15) is 4.34 Å². The van der Waals surface area contributed by atoms with Gasteiger partial charge >= 0.3 is 0 Å². The second kappa shape index (κ2) is 6.79. The summed E-state index contributed by atoms with van der Waals surface area (Å²) in [7, 11) is -3.17. The number of rotatable bonds is 5. The van der Waals surface area contributed by atoms with E-state index in [1.807, 2.05) is 25.1 Å². The first-order valence-corrected chi connectivity index (χ1v) is 10.2. The van der Waals surface area contributed by atoms with Gasteiger partial charge in [-0.1, -0.05) is 30.7 Å². The summed E-state index contributed by atoms with van der Waals surface area (Å²) in [5.41, 5.74) is 1.01. The summed E-state index contributed by atoms with van der Waals surface area (Å²) in [6, 6.07) is 8.94. The van der Waals surface area contributed by atoms with Crippen LogP contribution in [0.2, 0.25) is 4.34 Å². The van der Waals surface area contributed by atoms with Crippen molar-refractivity contribution in [1.29, 1.82) is 0 Å². The van der Waals surface area contributed by atoms with Crippen molar-refractivity contribution in [2.75, 3.05) is 12.8 Å². The summed E-state index contributed by atoms with van der Waals surface area (Å²) in [6.45, 7) is 2.83. The normalized spacial score (nSPS) is 13.3. The van der Waals surface area contributed by atoms with Crippen LogP contribution in [-0.4, -0.2) is 21.2 Å². The van der Waals surface area contributed by atoms with E-state index in [2.05, 4.69) is 21.2 Å². The Morgan fingerprint density at radius 1 is 1.33 bits per heavy atom. The van der Waals surface area contributed by atoms with E-state index in [-0.39, 0.29) is 6.04 Å². The Bertz CT molecular complexity index is 706. The van der Waals surface area contributed by atoms with Crippen molar-refractivity contribution in [2.45, 2.75) is 17.9 Å². The standard InChI is InChI=1S/C14H15BrClNO2S2/c1-3-17-13(12-8-11(15)14(16)20-12)9-4-6-10(7-5-9)21(2,18)19/h4-8,13,17H,3H2,1-2H3. The van der Waals surface area contributed by atoms with Crippen LogP contribution in [0.5, 0.6) is 0 Å². The number of benzene rings is 1. The molecule has 0 aliphatic heterocycles. The van der Waals surface area contributed by atoms with Crippen molar-refractivity contribution in [3.63, 3.8) is 0 Å². The fourth-order valence-corrected chi connectivity index (χ4v) is 4.47. The zero-order valence-electron chi connectivity index (χ0n) is 11.6. The van der Waals surface area contributed by atoms with Gasteiger partial charge < -0.3 is 5.32 Å². The largest absolute Gasteiger partial charge is 0.306 e. The summed E-state index contributed by atoms with van der Waals surface area (Å²) >= 11 is 11.0. The predicted octanol–water partition coefficient (Wildman–Crippen LogP) is 4.27. The maximum atomic E-state index is 11.5. The maximum absolute atomic E-state index is 11.5. The third-order valence-corrected chi connectivity index (χ3v) is 6.67. The molecule has 0 aliphatic rings. The van der Waals surface area contributed by atoms with Gasteiger partial charge in [0.15, 0.2) is 9.84 Å². The van der Waals surface area contributed by atoms with E-state index >= 15 is 0 Å². The third kappa shape index (κ3) is 4.07. The molecule has 1 aromatic carbocycles. The summed E-state index contributed by atoms with van der Waals surface area (Å²) < 4.78 is 24.6.